The Bertz CT molecular complexity index is 554. The predicted octanol–water partition coefficient (Wildman–Crippen LogP) is 3.51. The lowest BCUT2D eigenvalue weighted by atomic mass is 9.89. The van der Waals surface area contributed by atoms with Crippen molar-refractivity contribution in [2.24, 2.45) is 7.05 Å². The van der Waals surface area contributed by atoms with E-state index in [2.05, 4.69) is 49.5 Å². The van der Waals surface area contributed by atoms with Crippen LogP contribution in [0.5, 0.6) is 0 Å². The first-order valence-corrected chi connectivity index (χ1v) is 6.88. The molecule has 0 bridgehead atoms. The second-order valence-electron chi connectivity index (χ2n) is 4.58. The van der Waals surface area contributed by atoms with Crippen LogP contribution in [0.15, 0.2) is 48.7 Å². The third kappa shape index (κ3) is 2.28. The van der Waals surface area contributed by atoms with Gasteiger partial charge < -0.3 is 4.74 Å². The number of pyridine rings is 1. The van der Waals surface area contributed by atoms with Gasteiger partial charge >= 0.3 is 0 Å². The van der Waals surface area contributed by atoms with Gasteiger partial charge in [0.05, 0.1) is 5.56 Å². The molecule has 19 heavy (non-hydrogen) atoms. The van der Waals surface area contributed by atoms with E-state index in [0.717, 1.165) is 0 Å². The fourth-order valence-electron chi connectivity index (χ4n) is 2.67. The molecule has 2 aliphatic rings. The first-order chi connectivity index (χ1) is 9.24. The van der Waals surface area contributed by atoms with Crippen LogP contribution in [0.25, 0.3) is 5.57 Å². The zero-order valence-electron chi connectivity index (χ0n) is 12.2. The van der Waals surface area contributed by atoms with Gasteiger partial charge in [0.1, 0.15) is 19.3 Å². The summed E-state index contributed by atoms with van der Waals surface area (Å²) in [6.45, 7) is 9.88. The normalized spacial score (nSPS) is 23.4. The number of nitrogens with zero attached hydrogens (tertiary/aromatic N) is 1. The largest absolute Gasteiger partial charge is 0.359 e. The highest BCUT2D eigenvalue weighted by Crippen LogP contribution is 2.50. The molecule has 0 amide bonds. The minimum atomic E-state index is 0.251. The van der Waals surface area contributed by atoms with Gasteiger partial charge in [-0.1, -0.05) is 38.7 Å². The van der Waals surface area contributed by atoms with Gasteiger partial charge in [-0.05, 0) is 18.6 Å². The van der Waals surface area contributed by atoms with E-state index >= 15 is 0 Å². The SMILES string of the molecule is C=C/C=C\C1=C(C)c2c(ccc[n+]2C)C2OC12.CC. The lowest BCUT2D eigenvalue weighted by molar-refractivity contribution is -0.674. The highest BCUT2D eigenvalue weighted by atomic mass is 16.6. The summed E-state index contributed by atoms with van der Waals surface area (Å²) in [5.41, 5.74) is 5.19. The Hall–Kier alpha value is -1.67. The summed E-state index contributed by atoms with van der Waals surface area (Å²) in [5.74, 6) is 0. The number of epoxide rings is 1. The molecule has 1 fully saturated rings. The number of aryl methyl sites for hydroxylation is 1. The molecule has 1 aromatic rings. The molecule has 100 valence electrons. The van der Waals surface area contributed by atoms with E-state index in [-0.39, 0.29) is 12.2 Å². The van der Waals surface area contributed by atoms with Crippen LogP contribution in [0, 0.1) is 0 Å². The average Bonchev–Trinajstić information content (AvgIpc) is 3.21. The van der Waals surface area contributed by atoms with Crippen LogP contribution in [0.1, 0.15) is 38.1 Å². The number of aromatic nitrogens is 1. The smallest absolute Gasteiger partial charge is 0.214 e. The number of ether oxygens (including phenoxy) is 1. The van der Waals surface area contributed by atoms with E-state index in [1.165, 1.54) is 22.4 Å². The summed E-state index contributed by atoms with van der Waals surface area (Å²) < 4.78 is 7.95. The minimum absolute atomic E-state index is 0.251. The second kappa shape index (κ2) is 5.54. The molecule has 1 aliphatic carbocycles. The van der Waals surface area contributed by atoms with E-state index in [1.54, 1.807) is 6.08 Å². The van der Waals surface area contributed by atoms with Gasteiger partial charge in [-0.15, -0.1) is 0 Å². The van der Waals surface area contributed by atoms with Crippen LogP contribution in [-0.4, -0.2) is 6.10 Å². The van der Waals surface area contributed by atoms with Crippen LogP contribution in [0.4, 0.5) is 0 Å². The predicted molar refractivity (Wildman–Crippen MR) is 78.5 cm³/mol. The number of allylic oxidation sites excluding steroid dienone is 3. The first kappa shape index (κ1) is 13.8. The zero-order chi connectivity index (χ0) is 14.0. The maximum atomic E-state index is 5.78. The number of hydrogen-bond acceptors (Lipinski definition) is 1. The third-order valence-corrected chi connectivity index (χ3v) is 3.52. The van der Waals surface area contributed by atoms with E-state index in [4.69, 9.17) is 4.74 Å². The molecule has 1 aliphatic heterocycles. The van der Waals surface area contributed by atoms with Crippen LogP contribution in [0.3, 0.4) is 0 Å². The Kier molecular flexibility index (Phi) is 4.01. The van der Waals surface area contributed by atoms with Gasteiger partial charge in [0.15, 0.2) is 6.20 Å². The Balaban J connectivity index is 0.000000637. The quantitative estimate of drug-likeness (QED) is 0.449. The highest BCUT2D eigenvalue weighted by molar-refractivity contribution is 5.73. The van der Waals surface area contributed by atoms with Crippen molar-refractivity contribution in [3.63, 3.8) is 0 Å². The molecule has 2 unspecified atom stereocenters. The molecule has 0 N–H and O–H groups in total. The van der Waals surface area contributed by atoms with Crippen molar-refractivity contribution < 1.29 is 9.30 Å². The highest BCUT2D eigenvalue weighted by Gasteiger charge is 2.49. The molecule has 0 radical (unpaired) electrons. The average molecular weight is 256 g/mol. The van der Waals surface area contributed by atoms with Crippen LogP contribution in [0.2, 0.25) is 0 Å². The van der Waals surface area contributed by atoms with Gasteiger partial charge in [0, 0.05) is 11.6 Å². The fraction of sp³-hybridized carbons (Fsp3) is 0.353. The maximum Gasteiger partial charge on any atom is 0.214 e. The van der Waals surface area contributed by atoms with Crippen molar-refractivity contribution in [1.82, 2.24) is 0 Å². The Morgan fingerprint density at radius 3 is 2.74 bits per heavy atom. The number of hydrogen-bond donors (Lipinski definition) is 0. The monoisotopic (exact) mass is 256 g/mol. The summed E-state index contributed by atoms with van der Waals surface area (Å²) in [4.78, 5) is 0. The van der Waals surface area contributed by atoms with Crippen LogP contribution in [-0.2, 0) is 11.8 Å². The Labute approximate surface area is 115 Å². The molecule has 1 saturated heterocycles. The van der Waals surface area contributed by atoms with Crippen molar-refractivity contribution in [2.45, 2.75) is 33.0 Å². The molecule has 2 atom stereocenters. The Morgan fingerprint density at radius 1 is 1.32 bits per heavy atom. The van der Waals surface area contributed by atoms with Crippen molar-refractivity contribution in [3.05, 3.63) is 60.0 Å². The van der Waals surface area contributed by atoms with Crippen LogP contribution >= 0.6 is 0 Å². The molecule has 3 rings (SSSR count). The molecule has 2 nitrogen and oxygen atoms in total. The van der Waals surface area contributed by atoms with Crippen LogP contribution < -0.4 is 4.57 Å². The maximum absolute atomic E-state index is 5.78. The summed E-state index contributed by atoms with van der Waals surface area (Å²) in [6, 6.07) is 4.24. The van der Waals surface area contributed by atoms with Crippen molar-refractivity contribution in [3.8, 4) is 0 Å². The van der Waals surface area contributed by atoms with Gasteiger partial charge in [-0.25, -0.2) is 4.57 Å². The summed E-state index contributed by atoms with van der Waals surface area (Å²) in [6.07, 6.45) is 8.48. The lowest BCUT2D eigenvalue weighted by Crippen LogP contribution is -2.35. The number of fused-ring (bicyclic) bond motifs is 3. The van der Waals surface area contributed by atoms with E-state index in [9.17, 15) is 0 Å². The van der Waals surface area contributed by atoms with Gasteiger partial charge in [0.2, 0.25) is 5.69 Å². The van der Waals surface area contributed by atoms with Crippen molar-refractivity contribution in [2.75, 3.05) is 0 Å². The number of rotatable bonds is 2. The van der Waals surface area contributed by atoms with E-state index < -0.39 is 0 Å². The Morgan fingerprint density at radius 2 is 2.05 bits per heavy atom. The second-order valence-corrected chi connectivity index (χ2v) is 4.58. The van der Waals surface area contributed by atoms with Crippen molar-refractivity contribution in [1.29, 1.82) is 0 Å². The minimum Gasteiger partial charge on any atom is -0.359 e. The van der Waals surface area contributed by atoms with Crippen molar-refractivity contribution >= 4 is 5.57 Å². The summed E-state index contributed by atoms with van der Waals surface area (Å²) in [5, 5.41) is 0. The zero-order valence-corrected chi connectivity index (χ0v) is 12.2. The third-order valence-electron chi connectivity index (χ3n) is 3.52. The van der Waals surface area contributed by atoms with Gasteiger partial charge in [-0.2, -0.15) is 0 Å². The van der Waals surface area contributed by atoms with E-state index in [0.29, 0.717) is 0 Å². The molecule has 0 saturated carbocycles. The summed E-state index contributed by atoms with van der Waals surface area (Å²) in [7, 11) is 2.08. The topological polar surface area (TPSA) is 16.4 Å². The molecule has 2 heteroatoms. The molecule has 1 aromatic heterocycles. The van der Waals surface area contributed by atoms with Gasteiger partial charge in [-0.3, -0.25) is 0 Å². The van der Waals surface area contributed by atoms with E-state index in [1.807, 2.05) is 19.9 Å². The fourth-order valence-corrected chi connectivity index (χ4v) is 2.67. The molecular weight excluding hydrogens is 234 g/mol. The first-order valence-electron chi connectivity index (χ1n) is 6.88. The molecule has 2 heterocycles. The standard InChI is InChI=1S/C15H16NO.C2H6/c1-4-5-7-11-10(2)13-12(15-14(11)17-15)8-6-9-16(13)3;1-2/h4-9,14-15H,1H2,2-3H3;1-2H3/q+1;/b7-5-;. The van der Waals surface area contributed by atoms with Gasteiger partial charge in [0.25, 0.3) is 0 Å². The lowest BCUT2D eigenvalue weighted by Gasteiger charge is -2.12. The molecular formula is C17H22NO+. The summed E-state index contributed by atoms with van der Waals surface area (Å²) >= 11 is 0. The molecule has 0 aromatic carbocycles. The molecule has 0 spiro atoms.